The van der Waals surface area contributed by atoms with E-state index in [-0.39, 0.29) is 0 Å². The van der Waals surface area contributed by atoms with Crippen LogP contribution in [0.25, 0.3) is 0 Å². The summed E-state index contributed by atoms with van der Waals surface area (Å²) in [7, 11) is 0. The van der Waals surface area contributed by atoms with Crippen LogP contribution in [0.15, 0.2) is 24.3 Å². The summed E-state index contributed by atoms with van der Waals surface area (Å²) in [5, 5.41) is 3.58. The summed E-state index contributed by atoms with van der Waals surface area (Å²) in [6.07, 6.45) is 7.12. The predicted octanol–water partition coefficient (Wildman–Crippen LogP) is 3.76. The molecule has 0 bridgehead atoms. The van der Waals surface area contributed by atoms with E-state index in [2.05, 4.69) is 29.6 Å². The van der Waals surface area contributed by atoms with Crippen LogP contribution in [0.2, 0.25) is 0 Å². The van der Waals surface area contributed by atoms with Crippen molar-refractivity contribution in [2.24, 2.45) is 5.92 Å². The number of ether oxygens (including phenoxy) is 1. The van der Waals surface area contributed by atoms with Gasteiger partial charge in [-0.05, 0) is 49.9 Å². The van der Waals surface area contributed by atoms with Crippen molar-refractivity contribution in [3.05, 3.63) is 29.8 Å². The van der Waals surface area contributed by atoms with E-state index < -0.39 is 0 Å². The van der Waals surface area contributed by atoms with Gasteiger partial charge >= 0.3 is 0 Å². The molecule has 0 aliphatic heterocycles. The van der Waals surface area contributed by atoms with Crippen molar-refractivity contribution in [3.8, 4) is 5.75 Å². The van der Waals surface area contributed by atoms with E-state index in [9.17, 15) is 0 Å². The Morgan fingerprint density at radius 2 is 1.83 bits per heavy atom. The van der Waals surface area contributed by atoms with Crippen LogP contribution in [-0.4, -0.2) is 13.2 Å². The lowest BCUT2D eigenvalue weighted by atomic mass is 9.89. The molecule has 100 valence electrons. The molecular formula is C16H25NO. The molecule has 18 heavy (non-hydrogen) atoms. The van der Waals surface area contributed by atoms with Crippen LogP contribution in [0.3, 0.4) is 0 Å². The molecule has 0 unspecified atom stereocenters. The van der Waals surface area contributed by atoms with Gasteiger partial charge in [0.2, 0.25) is 0 Å². The summed E-state index contributed by atoms with van der Waals surface area (Å²) in [5.41, 5.74) is 1.34. The highest BCUT2D eigenvalue weighted by molar-refractivity contribution is 5.27. The second-order valence-electron chi connectivity index (χ2n) is 5.21. The minimum Gasteiger partial charge on any atom is -0.494 e. The van der Waals surface area contributed by atoms with Gasteiger partial charge in [-0.2, -0.15) is 0 Å². The average Bonchev–Trinajstić information content (AvgIpc) is 2.42. The normalized spacial score (nSPS) is 16.7. The second kappa shape index (κ2) is 7.42. The second-order valence-corrected chi connectivity index (χ2v) is 5.21. The third-order valence-corrected chi connectivity index (χ3v) is 3.72. The molecule has 0 amide bonds. The Labute approximate surface area is 111 Å². The van der Waals surface area contributed by atoms with Crippen molar-refractivity contribution in [3.63, 3.8) is 0 Å². The van der Waals surface area contributed by atoms with Crippen LogP contribution in [0.1, 0.15) is 44.6 Å². The lowest BCUT2D eigenvalue weighted by Gasteiger charge is -2.21. The lowest BCUT2D eigenvalue weighted by molar-refractivity contribution is 0.339. The molecule has 2 nitrogen and oxygen atoms in total. The molecule has 0 atom stereocenters. The van der Waals surface area contributed by atoms with E-state index in [1.54, 1.807) is 0 Å². The summed E-state index contributed by atoms with van der Waals surface area (Å²) in [4.78, 5) is 0. The van der Waals surface area contributed by atoms with E-state index in [0.717, 1.165) is 24.8 Å². The Morgan fingerprint density at radius 3 is 2.50 bits per heavy atom. The molecule has 0 radical (unpaired) electrons. The summed E-state index contributed by atoms with van der Waals surface area (Å²) in [6.45, 7) is 4.90. The zero-order chi connectivity index (χ0) is 12.6. The molecule has 0 aromatic heterocycles. The van der Waals surface area contributed by atoms with Crippen LogP contribution in [-0.2, 0) is 6.54 Å². The third kappa shape index (κ3) is 4.34. The van der Waals surface area contributed by atoms with Gasteiger partial charge in [0, 0.05) is 6.54 Å². The van der Waals surface area contributed by atoms with Crippen LogP contribution >= 0.6 is 0 Å². The smallest absolute Gasteiger partial charge is 0.119 e. The molecule has 1 aliphatic rings. The zero-order valence-electron chi connectivity index (χ0n) is 11.5. The topological polar surface area (TPSA) is 21.3 Å². The van der Waals surface area contributed by atoms with Gasteiger partial charge in [-0.15, -0.1) is 0 Å². The predicted molar refractivity (Wildman–Crippen MR) is 75.9 cm³/mol. The van der Waals surface area contributed by atoms with E-state index in [1.165, 1.54) is 44.2 Å². The summed E-state index contributed by atoms with van der Waals surface area (Å²) < 4.78 is 5.44. The number of hydrogen-bond donors (Lipinski definition) is 1. The zero-order valence-corrected chi connectivity index (χ0v) is 11.5. The quantitative estimate of drug-likeness (QED) is 0.826. The highest BCUT2D eigenvalue weighted by Crippen LogP contribution is 2.22. The van der Waals surface area contributed by atoms with Gasteiger partial charge in [-0.25, -0.2) is 0 Å². The molecular weight excluding hydrogens is 222 g/mol. The first kappa shape index (κ1) is 13.4. The average molecular weight is 247 g/mol. The fraction of sp³-hybridized carbons (Fsp3) is 0.625. The standard InChI is InChI=1S/C16H25NO/c1-2-18-16-10-8-15(9-11-16)13-17-12-14-6-4-3-5-7-14/h8-11,14,17H,2-7,12-13H2,1H3. The Balaban J connectivity index is 1.69. The molecule has 0 saturated heterocycles. The van der Waals surface area contributed by atoms with Crippen molar-refractivity contribution >= 4 is 0 Å². The number of benzene rings is 1. The van der Waals surface area contributed by atoms with E-state index in [0.29, 0.717) is 0 Å². The van der Waals surface area contributed by atoms with Gasteiger partial charge in [0.25, 0.3) is 0 Å². The van der Waals surface area contributed by atoms with Crippen molar-refractivity contribution in [1.29, 1.82) is 0 Å². The van der Waals surface area contributed by atoms with Crippen molar-refractivity contribution in [2.45, 2.75) is 45.6 Å². The van der Waals surface area contributed by atoms with Gasteiger partial charge in [-0.1, -0.05) is 31.4 Å². The Kier molecular flexibility index (Phi) is 5.53. The summed E-state index contributed by atoms with van der Waals surface area (Å²) in [6, 6.07) is 8.42. The number of rotatable bonds is 6. The molecule has 2 rings (SSSR count). The van der Waals surface area contributed by atoms with Crippen molar-refractivity contribution in [1.82, 2.24) is 5.32 Å². The lowest BCUT2D eigenvalue weighted by Crippen LogP contribution is -2.24. The van der Waals surface area contributed by atoms with Crippen LogP contribution in [0.5, 0.6) is 5.75 Å². The van der Waals surface area contributed by atoms with E-state index in [1.807, 2.05) is 6.92 Å². The Hall–Kier alpha value is -1.02. The molecule has 0 heterocycles. The Morgan fingerprint density at radius 1 is 1.11 bits per heavy atom. The fourth-order valence-corrected chi connectivity index (χ4v) is 2.68. The van der Waals surface area contributed by atoms with Gasteiger partial charge < -0.3 is 10.1 Å². The summed E-state index contributed by atoms with van der Waals surface area (Å²) in [5.74, 6) is 1.87. The molecule has 1 aromatic carbocycles. The first-order chi connectivity index (χ1) is 8.88. The monoisotopic (exact) mass is 247 g/mol. The minimum absolute atomic E-state index is 0.735. The maximum absolute atomic E-state index is 5.44. The van der Waals surface area contributed by atoms with E-state index in [4.69, 9.17) is 4.74 Å². The van der Waals surface area contributed by atoms with Crippen LogP contribution < -0.4 is 10.1 Å². The van der Waals surface area contributed by atoms with Crippen molar-refractivity contribution < 1.29 is 4.74 Å². The molecule has 2 heteroatoms. The molecule has 1 aliphatic carbocycles. The van der Waals surface area contributed by atoms with Gasteiger partial charge in [0.15, 0.2) is 0 Å². The fourth-order valence-electron chi connectivity index (χ4n) is 2.68. The number of hydrogen-bond acceptors (Lipinski definition) is 2. The third-order valence-electron chi connectivity index (χ3n) is 3.72. The molecule has 1 fully saturated rings. The van der Waals surface area contributed by atoms with Gasteiger partial charge in [0.05, 0.1) is 6.61 Å². The van der Waals surface area contributed by atoms with Crippen LogP contribution in [0, 0.1) is 5.92 Å². The summed E-state index contributed by atoms with van der Waals surface area (Å²) >= 11 is 0. The van der Waals surface area contributed by atoms with Crippen LogP contribution in [0.4, 0.5) is 0 Å². The molecule has 1 aromatic rings. The highest BCUT2D eigenvalue weighted by atomic mass is 16.5. The maximum atomic E-state index is 5.44. The first-order valence-corrected chi connectivity index (χ1v) is 7.31. The SMILES string of the molecule is CCOc1ccc(CNCC2CCCCC2)cc1. The first-order valence-electron chi connectivity index (χ1n) is 7.31. The van der Waals surface area contributed by atoms with Gasteiger partial charge in [-0.3, -0.25) is 0 Å². The molecule has 0 spiro atoms. The highest BCUT2D eigenvalue weighted by Gasteiger charge is 2.12. The molecule has 1 N–H and O–H groups in total. The largest absolute Gasteiger partial charge is 0.494 e. The van der Waals surface area contributed by atoms with Gasteiger partial charge in [0.1, 0.15) is 5.75 Å². The maximum Gasteiger partial charge on any atom is 0.119 e. The van der Waals surface area contributed by atoms with Crippen molar-refractivity contribution in [2.75, 3.05) is 13.2 Å². The Bertz CT molecular complexity index is 327. The minimum atomic E-state index is 0.735. The molecule has 1 saturated carbocycles. The van der Waals surface area contributed by atoms with E-state index >= 15 is 0 Å². The number of nitrogens with one attached hydrogen (secondary N) is 1.